The van der Waals surface area contributed by atoms with E-state index in [9.17, 15) is 24.3 Å². The van der Waals surface area contributed by atoms with Crippen molar-refractivity contribution in [1.29, 1.82) is 5.41 Å². The molecule has 4 aromatic rings. The van der Waals surface area contributed by atoms with E-state index in [0.717, 1.165) is 12.4 Å². The molecule has 0 aromatic carbocycles. The van der Waals surface area contributed by atoms with E-state index in [1.165, 1.54) is 37.2 Å². The molecule has 0 aliphatic heterocycles. The van der Waals surface area contributed by atoms with Crippen molar-refractivity contribution < 1.29 is 115 Å². The largest absolute Gasteiger partial charge is 1.00 e. The molecule has 406 valence electrons. The first-order valence-electron chi connectivity index (χ1n) is 20.7. The number of alkyl halides is 3. The maximum atomic E-state index is 11.6. The minimum absolute atomic E-state index is 0. The van der Waals surface area contributed by atoms with Crippen molar-refractivity contribution in [2.75, 3.05) is 19.8 Å². The molecule has 0 radical (unpaired) electrons. The molecule has 0 spiro atoms. The minimum Gasteiger partial charge on any atom is -0.850 e. The fourth-order valence-electron chi connectivity index (χ4n) is 3.16. The van der Waals surface area contributed by atoms with Gasteiger partial charge in [0.15, 0.2) is 22.8 Å². The molecule has 0 bridgehead atoms. The summed E-state index contributed by atoms with van der Waals surface area (Å²) in [6.45, 7) is 27.6. The van der Waals surface area contributed by atoms with E-state index in [2.05, 4.69) is 39.9 Å². The molecule has 4 aromatic heterocycles. The van der Waals surface area contributed by atoms with Gasteiger partial charge in [0.05, 0.1) is 62.8 Å². The Kier molecular flexibility index (Phi) is 41.5. The molecule has 0 atom stereocenters. The smallest absolute Gasteiger partial charge is 0.850 e. The van der Waals surface area contributed by atoms with Gasteiger partial charge in [-0.2, -0.15) is 0 Å². The topological polar surface area (TPSA) is 325 Å². The third-order valence-corrected chi connectivity index (χ3v) is 6.31. The molecule has 0 saturated carbocycles. The Morgan fingerprint density at radius 1 is 0.534 bits per heavy atom. The second-order valence-corrected chi connectivity index (χ2v) is 19.9. The molecule has 28 heteroatoms. The summed E-state index contributed by atoms with van der Waals surface area (Å²) in [7, 11) is 0. The van der Waals surface area contributed by atoms with E-state index in [1.54, 1.807) is 90.0 Å². The first-order valence-corrected chi connectivity index (χ1v) is 22.6. The van der Waals surface area contributed by atoms with E-state index >= 15 is 0 Å². The zero-order valence-corrected chi connectivity index (χ0v) is 50.0. The van der Waals surface area contributed by atoms with Crippen LogP contribution in [0.25, 0.3) is 0 Å². The minimum atomic E-state index is -1.76. The van der Waals surface area contributed by atoms with Crippen LogP contribution in [0.5, 0.6) is 11.8 Å². The van der Waals surface area contributed by atoms with Gasteiger partial charge in [-0.25, -0.2) is 59.0 Å². The third-order valence-electron chi connectivity index (χ3n) is 5.40. The number of aromatic nitrogens is 8. The third kappa shape index (κ3) is 47.7. The van der Waals surface area contributed by atoms with E-state index in [-0.39, 0.29) is 104 Å². The van der Waals surface area contributed by atoms with Crippen molar-refractivity contribution in [2.24, 2.45) is 0 Å². The van der Waals surface area contributed by atoms with Crippen LogP contribution in [0.15, 0.2) is 49.6 Å². The Morgan fingerprint density at radius 3 is 0.986 bits per heavy atom. The van der Waals surface area contributed by atoms with Gasteiger partial charge in [0.25, 0.3) is 3.79 Å². The van der Waals surface area contributed by atoms with Crippen molar-refractivity contribution >= 4 is 87.8 Å². The molecule has 4 N–H and O–H groups in total. The molecular formula is C45H67Cl5KN9O13. The van der Waals surface area contributed by atoms with Crippen molar-refractivity contribution in [3.63, 3.8) is 0 Å². The number of carboxylic acid groups (broad SMARTS) is 2. The van der Waals surface area contributed by atoms with Crippen LogP contribution in [-0.2, 0) is 14.2 Å². The van der Waals surface area contributed by atoms with E-state index < -0.39 is 50.1 Å². The summed E-state index contributed by atoms with van der Waals surface area (Å²) in [6, 6.07) is 0. The summed E-state index contributed by atoms with van der Waals surface area (Å²) in [5.41, 5.74) is -2.16. The van der Waals surface area contributed by atoms with E-state index in [0.29, 0.717) is 25.0 Å². The molecule has 0 aliphatic carbocycles. The normalized spacial score (nSPS) is 10.4. The maximum Gasteiger partial charge on any atom is 1.00 e. The van der Waals surface area contributed by atoms with Gasteiger partial charge < -0.3 is 44.1 Å². The molecule has 73 heavy (non-hydrogen) atoms. The van der Waals surface area contributed by atoms with Crippen molar-refractivity contribution in [3.05, 3.63) is 82.7 Å². The number of carboxylic acids is 2. The number of ether oxygens (including phenoxy) is 5. The van der Waals surface area contributed by atoms with Gasteiger partial charge in [0.2, 0.25) is 17.7 Å². The number of rotatable bonds is 8. The summed E-state index contributed by atoms with van der Waals surface area (Å²) in [4.78, 5) is 73.2. The molecule has 0 saturated heterocycles. The molecule has 0 aliphatic rings. The quantitative estimate of drug-likeness (QED) is 0.0498. The van der Waals surface area contributed by atoms with Crippen LogP contribution in [0, 0.1) is 5.41 Å². The number of hydrogen-bond acceptors (Lipinski definition) is 20. The van der Waals surface area contributed by atoms with Gasteiger partial charge in [0, 0.05) is 6.61 Å². The fraction of sp³-hybridized carbons (Fsp3) is 0.533. The zero-order valence-electron chi connectivity index (χ0n) is 43.1. The van der Waals surface area contributed by atoms with Crippen LogP contribution >= 0.6 is 58.0 Å². The first kappa shape index (κ1) is 78.2. The Hall–Kier alpha value is -3.72. The SMILES string of the molecule is C.CC(C)(C)OC(=N)C(Cl)(Cl)Cl.CC(C)(C)OC(=O)c1cnc(Cl)cn1.CC(C)(C)[O-].CCO.CCOc1cnc(C(=O)O)cn1.CCOc1cnc(C(=O)OC(C)(C)C)cn1.O=C(O)c1cnc(Cl)cn1.[K+]. The molecular weight excluding hydrogens is 1090 g/mol. The molecule has 0 unspecified atom stereocenters. The van der Waals surface area contributed by atoms with Crippen LogP contribution in [-0.4, -0.2) is 131 Å². The van der Waals surface area contributed by atoms with Crippen molar-refractivity contribution in [3.8, 4) is 11.8 Å². The van der Waals surface area contributed by atoms with E-state index in [1.807, 2.05) is 13.8 Å². The number of nitrogens with zero attached hydrogens (tertiary/aromatic N) is 8. The second kappa shape index (κ2) is 38.8. The number of carbonyl (C=O) groups excluding carboxylic acids is 2. The first-order chi connectivity index (χ1) is 32.3. The van der Waals surface area contributed by atoms with Gasteiger partial charge in [0.1, 0.15) is 27.1 Å². The number of carbonyl (C=O) groups is 4. The monoisotopic (exact) mass is 1160 g/mol. The Labute approximate surface area is 494 Å². The van der Waals surface area contributed by atoms with Crippen molar-refractivity contribution in [2.45, 2.75) is 137 Å². The number of aliphatic hydroxyl groups excluding tert-OH is 1. The van der Waals surface area contributed by atoms with Crippen LogP contribution < -0.4 is 66.0 Å². The summed E-state index contributed by atoms with van der Waals surface area (Å²) < 4.78 is 23.5. The number of nitrogens with one attached hydrogen (secondary N) is 1. The molecule has 0 fully saturated rings. The number of aromatic carboxylic acids is 2. The average Bonchev–Trinajstić information content (AvgIpc) is 3.20. The van der Waals surface area contributed by atoms with Crippen LogP contribution in [0.4, 0.5) is 0 Å². The number of aliphatic hydroxyl groups is 1. The number of esters is 2. The fourth-order valence-corrected chi connectivity index (χ4v) is 3.47. The number of hydrogen-bond donors (Lipinski definition) is 4. The van der Waals surface area contributed by atoms with Gasteiger partial charge in [-0.05, 0) is 83.1 Å². The summed E-state index contributed by atoms with van der Waals surface area (Å²) >= 11 is 27.0. The van der Waals surface area contributed by atoms with Gasteiger partial charge in [-0.15, -0.1) is 5.60 Å². The Morgan fingerprint density at radius 2 is 0.795 bits per heavy atom. The second-order valence-electron chi connectivity index (χ2n) is 16.9. The number of halogens is 5. The molecule has 4 heterocycles. The Bertz CT molecular complexity index is 2170. The van der Waals surface area contributed by atoms with E-state index in [4.69, 9.17) is 102 Å². The van der Waals surface area contributed by atoms with Gasteiger partial charge in [-0.3, -0.25) is 5.41 Å². The summed E-state index contributed by atoms with van der Waals surface area (Å²) in [5, 5.41) is 42.1. The predicted octanol–water partition coefficient (Wildman–Crippen LogP) is 6.25. The van der Waals surface area contributed by atoms with Crippen LogP contribution in [0.1, 0.15) is 153 Å². The molecule has 4 rings (SSSR count). The summed E-state index contributed by atoms with van der Waals surface area (Å²) in [6.07, 6.45) is 10.1. The van der Waals surface area contributed by atoms with Crippen LogP contribution in [0.3, 0.4) is 0 Å². The van der Waals surface area contributed by atoms with Gasteiger partial charge >= 0.3 is 75.3 Å². The predicted molar refractivity (Wildman–Crippen MR) is 273 cm³/mol. The van der Waals surface area contributed by atoms with Crippen LogP contribution in [0.2, 0.25) is 10.3 Å². The zero-order chi connectivity index (χ0) is 56.0. The standard InChI is InChI=1S/C11H16N2O3.C9H11ClN2O2.C7H8N2O3.C6H10Cl3NO.C5H3ClN2O2.C4H9O.C2H6O.CH4.K/c1-5-15-9-7-12-8(6-13-9)10(14)16-11(2,3)4;1-9(2,3)14-8(13)6-4-12-7(10)5-11-6;1-2-12-6-4-8-5(3-9-6)7(10)11;1-5(2,3)11-4(10)6(7,8)9;6-4-2-7-3(1-8-4)5(9)10;1-4(2,3)5;1-2-3;;/h6-7H,5H2,1-4H3;4-5H,1-3H3;3-4H,2H2,1H3,(H,10,11);10H,1-3H3;1-2H,(H,9,10);1-3H3;3H,2H2,1H3;1H4;/q;;;;;-1;;;+1. The molecule has 0 amide bonds. The Balaban J connectivity index is -0.000000254. The molecule has 22 nitrogen and oxygen atoms in total. The van der Waals surface area contributed by atoms with Crippen molar-refractivity contribution in [1.82, 2.24) is 39.9 Å². The van der Waals surface area contributed by atoms with Gasteiger partial charge in [-0.1, -0.05) is 86.2 Å². The maximum absolute atomic E-state index is 11.6. The summed E-state index contributed by atoms with van der Waals surface area (Å²) in [5.74, 6) is -2.80. The average molecular weight is 1160 g/mol.